The summed E-state index contributed by atoms with van der Waals surface area (Å²) >= 11 is 5.91. The maximum Gasteiger partial charge on any atom is 0.262 e. The highest BCUT2D eigenvalue weighted by atomic mass is 35.5. The van der Waals surface area contributed by atoms with E-state index in [2.05, 4.69) is 5.32 Å². The van der Waals surface area contributed by atoms with Crippen LogP contribution in [0.3, 0.4) is 0 Å². The van der Waals surface area contributed by atoms with Crippen LogP contribution in [-0.4, -0.2) is 24.2 Å². The molecule has 0 radical (unpaired) electrons. The number of amides is 1. The van der Waals surface area contributed by atoms with Crippen molar-refractivity contribution < 1.29 is 23.8 Å². The van der Waals surface area contributed by atoms with Crippen LogP contribution >= 0.6 is 11.6 Å². The Morgan fingerprint density at radius 2 is 2.22 bits per heavy atom. The average Bonchev–Trinajstić information content (AvgIpc) is 2.52. The zero-order chi connectivity index (χ0) is 16.4. The summed E-state index contributed by atoms with van der Waals surface area (Å²) in [6.45, 7) is -0.165. The fourth-order valence-corrected chi connectivity index (χ4v) is 2.52. The lowest BCUT2D eigenvalue weighted by molar-refractivity contribution is -0.118. The predicted octanol–water partition coefficient (Wildman–Crippen LogP) is 2.92. The molecule has 120 valence electrons. The Labute approximate surface area is 136 Å². The number of aliphatic hydroxyl groups excluding tert-OH is 1. The third-order valence-electron chi connectivity index (χ3n) is 3.33. The van der Waals surface area contributed by atoms with Crippen molar-refractivity contribution in [1.82, 2.24) is 0 Å². The number of hydrogen-bond donors (Lipinski definition) is 2. The molecule has 0 saturated heterocycles. The molecular weight excluding hydrogens is 325 g/mol. The summed E-state index contributed by atoms with van der Waals surface area (Å²) in [6, 6.07) is 8.79. The molecule has 7 heteroatoms. The molecule has 1 heterocycles. The highest BCUT2D eigenvalue weighted by molar-refractivity contribution is 6.31. The highest BCUT2D eigenvalue weighted by Gasteiger charge is 2.21. The number of rotatable bonds is 4. The maximum absolute atomic E-state index is 13.0. The van der Waals surface area contributed by atoms with Crippen LogP contribution in [0.2, 0.25) is 5.02 Å². The Bertz CT molecular complexity index is 753. The van der Waals surface area contributed by atoms with Gasteiger partial charge in [-0.3, -0.25) is 4.79 Å². The van der Waals surface area contributed by atoms with Crippen molar-refractivity contribution in [2.75, 3.05) is 18.5 Å². The number of anilines is 1. The summed E-state index contributed by atoms with van der Waals surface area (Å²) in [5.74, 6) is 0.101. The molecule has 0 aliphatic carbocycles. The number of fused-ring (bicyclic) bond motifs is 1. The van der Waals surface area contributed by atoms with Crippen molar-refractivity contribution in [3.63, 3.8) is 0 Å². The Morgan fingerprint density at radius 3 is 3.00 bits per heavy atom. The van der Waals surface area contributed by atoms with Gasteiger partial charge in [0.2, 0.25) is 0 Å². The Hall–Kier alpha value is -2.31. The second kappa shape index (κ2) is 6.44. The number of ether oxygens (including phenoxy) is 2. The molecule has 2 aromatic carbocycles. The van der Waals surface area contributed by atoms with Gasteiger partial charge in [-0.15, -0.1) is 0 Å². The van der Waals surface area contributed by atoms with Crippen LogP contribution in [0, 0.1) is 5.82 Å². The van der Waals surface area contributed by atoms with E-state index in [0.717, 1.165) is 6.07 Å². The molecule has 2 N–H and O–H groups in total. The van der Waals surface area contributed by atoms with Crippen molar-refractivity contribution in [2.45, 2.75) is 6.10 Å². The minimum absolute atomic E-state index is 0.0513. The largest absolute Gasteiger partial charge is 0.488 e. The lowest BCUT2D eigenvalue weighted by atomic mass is 10.1. The number of carbonyl (C=O) groups excluding carboxylic acids is 1. The van der Waals surface area contributed by atoms with Gasteiger partial charge in [-0.05, 0) is 24.3 Å². The zero-order valence-electron chi connectivity index (χ0n) is 11.9. The molecular formula is C16H13ClFNO4. The number of carbonyl (C=O) groups is 1. The smallest absolute Gasteiger partial charge is 0.262 e. The number of nitrogens with one attached hydrogen (secondary N) is 1. The van der Waals surface area contributed by atoms with E-state index in [1.807, 2.05) is 0 Å². The van der Waals surface area contributed by atoms with Crippen LogP contribution in [-0.2, 0) is 4.79 Å². The van der Waals surface area contributed by atoms with Crippen molar-refractivity contribution in [1.29, 1.82) is 0 Å². The summed E-state index contributed by atoms with van der Waals surface area (Å²) in [4.78, 5) is 11.4. The first-order valence-corrected chi connectivity index (χ1v) is 7.24. The van der Waals surface area contributed by atoms with Crippen LogP contribution in [0.25, 0.3) is 0 Å². The molecule has 23 heavy (non-hydrogen) atoms. The maximum atomic E-state index is 13.0. The van der Waals surface area contributed by atoms with E-state index in [0.29, 0.717) is 22.7 Å². The van der Waals surface area contributed by atoms with Gasteiger partial charge in [0.05, 0.1) is 0 Å². The average molecular weight is 338 g/mol. The molecule has 5 nitrogen and oxygen atoms in total. The lowest BCUT2D eigenvalue weighted by Gasteiger charge is -2.21. The van der Waals surface area contributed by atoms with Gasteiger partial charge in [-0.25, -0.2) is 4.39 Å². The fraction of sp³-hybridized carbons (Fsp3) is 0.188. The first-order chi connectivity index (χ1) is 11.0. The fourth-order valence-electron chi connectivity index (χ4n) is 2.22. The number of benzene rings is 2. The summed E-state index contributed by atoms with van der Waals surface area (Å²) < 4.78 is 23.9. The molecule has 2 aromatic rings. The van der Waals surface area contributed by atoms with E-state index in [9.17, 15) is 14.3 Å². The van der Waals surface area contributed by atoms with Gasteiger partial charge in [0.15, 0.2) is 6.61 Å². The monoisotopic (exact) mass is 337 g/mol. The minimum Gasteiger partial charge on any atom is -0.488 e. The minimum atomic E-state index is -1.04. The Balaban J connectivity index is 1.75. The topological polar surface area (TPSA) is 67.8 Å². The summed E-state index contributed by atoms with van der Waals surface area (Å²) in [7, 11) is 0. The van der Waals surface area contributed by atoms with Gasteiger partial charge < -0.3 is 19.9 Å². The number of para-hydroxylation sites is 1. The van der Waals surface area contributed by atoms with Gasteiger partial charge in [-0.2, -0.15) is 0 Å². The quantitative estimate of drug-likeness (QED) is 0.900. The Morgan fingerprint density at radius 1 is 1.39 bits per heavy atom. The molecule has 0 spiro atoms. The molecule has 1 atom stereocenters. The summed E-state index contributed by atoms with van der Waals surface area (Å²) in [5, 5.41) is 12.9. The van der Waals surface area contributed by atoms with Crippen LogP contribution in [0.1, 0.15) is 11.7 Å². The first-order valence-electron chi connectivity index (χ1n) is 6.86. The van der Waals surface area contributed by atoms with Crippen LogP contribution in [0.5, 0.6) is 11.5 Å². The SMILES string of the molecule is O=C1COc2cccc(OCC(O)c3ccc(F)cc3Cl)c2N1. The van der Waals surface area contributed by atoms with E-state index < -0.39 is 11.9 Å². The third kappa shape index (κ3) is 3.38. The second-order valence-electron chi connectivity index (χ2n) is 4.96. The Kier molecular flexibility index (Phi) is 4.36. The number of halogens is 2. The van der Waals surface area contributed by atoms with Crippen molar-refractivity contribution >= 4 is 23.2 Å². The molecule has 1 amide bonds. The van der Waals surface area contributed by atoms with Crippen molar-refractivity contribution in [2.24, 2.45) is 0 Å². The lowest BCUT2D eigenvalue weighted by Crippen LogP contribution is -2.26. The number of aliphatic hydroxyl groups is 1. The standard InChI is InChI=1S/C16H13ClFNO4/c17-11-6-9(18)4-5-10(11)12(20)7-22-13-2-1-3-14-16(13)19-15(21)8-23-14/h1-6,12,20H,7-8H2,(H,19,21). The molecule has 0 saturated carbocycles. The predicted molar refractivity (Wildman–Crippen MR) is 82.4 cm³/mol. The van der Waals surface area contributed by atoms with E-state index in [1.165, 1.54) is 12.1 Å². The molecule has 0 aromatic heterocycles. The second-order valence-corrected chi connectivity index (χ2v) is 5.37. The highest BCUT2D eigenvalue weighted by Crippen LogP contribution is 2.37. The van der Waals surface area contributed by atoms with Crippen LogP contribution in [0.15, 0.2) is 36.4 Å². The third-order valence-corrected chi connectivity index (χ3v) is 3.66. The molecule has 3 rings (SSSR count). The van der Waals surface area contributed by atoms with Gasteiger partial charge in [0.1, 0.15) is 35.7 Å². The van der Waals surface area contributed by atoms with Crippen LogP contribution < -0.4 is 14.8 Å². The van der Waals surface area contributed by atoms with Crippen LogP contribution in [0.4, 0.5) is 10.1 Å². The first kappa shape index (κ1) is 15.6. The summed E-state index contributed by atoms with van der Waals surface area (Å²) in [6.07, 6.45) is -1.04. The molecule has 0 bridgehead atoms. The van der Waals surface area contributed by atoms with E-state index in [-0.39, 0.29) is 24.1 Å². The van der Waals surface area contributed by atoms with Gasteiger partial charge in [-0.1, -0.05) is 23.7 Å². The summed E-state index contributed by atoms with van der Waals surface area (Å²) in [5.41, 5.74) is 0.777. The van der Waals surface area contributed by atoms with Gasteiger partial charge in [0, 0.05) is 10.6 Å². The zero-order valence-corrected chi connectivity index (χ0v) is 12.6. The molecule has 1 aliphatic rings. The van der Waals surface area contributed by atoms with E-state index in [4.69, 9.17) is 21.1 Å². The molecule has 1 aliphatic heterocycles. The molecule has 0 fully saturated rings. The normalized spacial score (nSPS) is 14.5. The number of hydrogen-bond acceptors (Lipinski definition) is 4. The van der Waals surface area contributed by atoms with Crippen molar-refractivity contribution in [3.8, 4) is 11.5 Å². The van der Waals surface area contributed by atoms with E-state index in [1.54, 1.807) is 18.2 Å². The van der Waals surface area contributed by atoms with Crippen molar-refractivity contribution in [3.05, 3.63) is 52.8 Å². The van der Waals surface area contributed by atoms with E-state index >= 15 is 0 Å². The van der Waals surface area contributed by atoms with Gasteiger partial charge in [0.25, 0.3) is 5.91 Å². The molecule has 1 unspecified atom stereocenters. The van der Waals surface area contributed by atoms with Gasteiger partial charge >= 0.3 is 0 Å².